The van der Waals surface area contributed by atoms with Gasteiger partial charge in [-0.1, -0.05) is 0 Å². The van der Waals surface area contributed by atoms with Crippen LogP contribution in [0.4, 0.5) is 0 Å². The molecule has 0 radical (unpaired) electrons. The van der Waals surface area contributed by atoms with E-state index in [1.807, 2.05) is 0 Å². The number of nitrogens with zero attached hydrogens (tertiary/aromatic N) is 2. The summed E-state index contributed by atoms with van der Waals surface area (Å²) in [4.78, 5) is 7.17. The molecule has 6 heteroatoms. The zero-order valence-corrected chi connectivity index (χ0v) is 17.7. The fraction of sp³-hybridized carbons (Fsp3) is 0.947. The molecule has 0 spiro atoms. The van der Waals surface area contributed by atoms with Gasteiger partial charge in [-0.25, -0.2) is 0 Å². The van der Waals surface area contributed by atoms with E-state index < -0.39 is 0 Å². The van der Waals surface area contributed by atoms with Crippen molar-refractivity contribution in [2.24, 2.45) is 40.3 Å². The van der Waals surface area contributed by atoms with Crippen LogP contribution in [0, 0.1) is 29.6 Å². The molecule has 0 aromatic rings. The molecule has 1 saturated heterocycles. The Kier molecular flexibility index (Phi) is 7.26. The molecule has 25 heavy (non-hydrogen) atoms. The lowest BCUT2D eigenvalue weighted by Gasteiger charge is -2.54. The molecule has 0 aromatic heterocycles. The second kappa shape index (κ2) is 9.22. The normalized spacial score (nSPS) is 37.8. The fourth-order valence-corrected chi connectivity index (χ4v) is 5.94. The van der Waals surface area contributed by atoms with Crippen LogP contribution in [0.25, 0.3) is 0 Å². The Bertz CT molecular complexity index is 425. The average molecular weight is 462 g/mol. The molecule has 5 rings (SSSR count). The topological polar surface area (TPSA) is 62.9 Å². The Morgan fingerprint density at radius 2 is 1.68 bits per heavy atom. The van der Waals surface area contributed by atoms with Crippen molar-refractivity contribution in [3.05, 3.63) is 0 Å². The van der Waals surface area contributed by atoms with Crippen molar-refractivity contribution in [1.29, 1.82) is 0 Å². The summed E-state index contributed by atoms with van der Waals surface area (Å²) < 4.78 is 5.38. The molecule has 5 aliphatic rings. The molecular formula is C19H35IN4O. The third kappa shape index (κ3) is 5.01. The van der Waals surface area contributed by atoms with Crippen LogP contribution in [0.1, 0.15) is 38.5 Å². The predicted octanol–water partition coefficient (Wildman–Crippen LogP) is 2.30. The standard InChI is InChI=1S/C19H34N4O.HI/c20-19(21-2-1-3-23-4-6-24-7-5-23)22-13-18-16-9-14-8-15(11-16)12-17(18)10-14;/h14-18H,1-13H2,(H3,20,21,22);1H. The Balaban J connectivity index is 0.00000182. The third-order valence-corrected chi connectivity index (χ3v) is 6.96. The van der Waals surface area contributed by atoms with Gasteiger partial charge < -0.3 is 15.8 Å². The lowest BCUT2D eigenvalue weighted by molar-refractivity contribution is -0.0320. The zero-order valence-electron chi connectivity index (χ0n) is 15.4. The molecule has 5 fully saturated rings. The van der Waals surface area contributed by atoms with Gasteiger partial charge >= 0.3 is 0 Å². The smallest absolute Gasteiger partial charge is 0.188 e. The van der Waals surface area contributed by atoms with Crippen molar-refractivity contribution in [2.45, 2.75) is 38.5 Å². The van der Waals surface area contributed by atoms with Crippen molar-refractivity contribution in [2.75, 3.05) is 45.9 Å². The first-order valence-corrected chi connectivity index (χ1v) is 10.1. The maximum atomic E-state index is 6.10. The first-order valence-electron chi connectivity index (χ1n) is 10.1. The monoisotopic (exact) mass is 462 g/mol. The number of ether oxygens (including phenoxy) is 1. The lowest BCUT2D eigenvalue weighted by atomic mass is 9.52. The summed E-state index contributed by atoms with van der Waals surface area (Å²) in [6.45, 7) is 6.89. The molecule has 0 atom stereocenters. The van der Waals surface area contributed by atoms with Gasteiger partial charge in [-0.3, -0.25) is 9.89 Å². The van der Waals surface area contributed by atoms with E-state index >= 15 is 0 Å². The molecule has 4 bridgehead atoms. The minimum atomic E-state index is 0. The number of nitrogens with one attached hydrogen (secondary N) is 1. The molecule has 5 nitrogen and oxygen atoms in total. The second-order valence-corrected chi connectivity index (χ2v) is 8.55. The number of guanidine groups is 1. The van der Waals surface area contributed by atoms with Crippen LogP contribution in [0.5, 0.6) is 0 Å². The van der Waals surface area contributed by atoms with E-state index in [-0.39, 0.29) is 24.0 Å². The maximum Gasteiger partial charge on any atom is 0.188 e. The van der Waals surface area contributed by atoms with Crippen molar-refractivity contribution < 1.29 is 4.74 Å². The van der Waals surface area contributed by atoms with Crippen LogP contribution in [0.2, 0.25) is 0 Å². The van der Waals surface area contributed by atoms with Crippen LogP contribution in [-0.2, 0) is 4.74 Å². The van der Waals surface area contributed by atoms with Crippen LogP contribution in [-0.4, -0.2) is 56.8 Å². The van der Waals surface area contributed by atoms with Gasteiger partial charge in [-0.15, -0.1) is 24.0 Å². The molecule has 3 N–H and O–H groups in total. The number of halogens is 1. The first kappa shape index (κ1) is 19.7. The summed E-state index contributed by atoms with van der Waals surface area (Å²) in [5.41, 5.74) is 6.10. The fourth-order valence-electron chi connectivity index (χ4n) is 5.94. The molecular weight excluding hydrogens is 427 g/mol. The van der Waals surface area contributed by atoms with Crippen LogP contribution >= 0.6 is 24.0 Å². The lowest BCUT2D eigenvalue weighted by Crippen LogP contribution is -2.46. The van der Waals surface area contributed by atoms with E-state index in [1.165, 1.54) is 32.1 Å². The highest BCUT2D eigenvalue weighted by Gasteiger charge is 2.47. The van der Waals surface area contributed by atoms with Crippen LogP contribution < -0.4 is 11.1 Å². The van der Waals surface area contributed by atoms with Gasteiger partial charge in [0.2, 0.25) is 0 Å². The van der Waals surface area contributed by atoms with Gasteiger partial charge in [0, 0.05) is 26.2 Å². The van der Waals surface area contributed by atoms with E-state index in [2.05, 4.69) is 10.2 Å². The van der Waals surface area contributed by atoms with E-state index in [9.17, 15) is 0 Å². The second-order valence-electron chi connectivity index (χ2n) is 8.55. The number of rotatable bonds is 6. The number of hydrogen-bond acceptors (Lipinski definition) is 3. The summed E-state index contributed by atoms with van der Waals surface area (Å²) >= 11 is 0. The Morgan fingerprint density at radius 3 is 2.32 bits per heavy atom. The van der Waals surface area contributed by atoms with Crippen molar-refractivity contribution in [1.82, 2.24) is 10.2 Å². The largest absolute Gasteiger partial charge is 0.379 e. The highest BCUT2D eigenvalue weighted by molar-refractivity contribution is 14.0. The molecule has 1 aliphatic heterocycles. The van der Waals surface area contributed by atoms with Crippen molar-refractivity contribution >= 4 is 29.9 Å². The summed E-state index contributed by atoms with van der Waals surface area (Å²) in [7, 11) is 0. The molecule has 144 valence electrons. The minimum absolute atomic E-state index is 0. The van der Waals surface area contributed by atoms with E-state index in [0.29, 0.717) is 5.96 Å². The maximum absolute atomic E-state index is 6.10. The van der Waals surface area contributed by atoms with Gasteiger partial charge in [-0.05, 0) is 74.7 Å². The average Bonchev–Trinajstić information content (AvgIpc) is 2.58. The van der Waals surface area contributed by atoms with Crippen LogP contribution in [0.3, 0.4) is 0 Å². The van der Waals surface area contributed by atoms with Crippen molar-refractivity contribution in [3.63, 3.8) is 0 Å². The number of hydrogen-bond donors (Lipinski definition) is 2. The van der Waals surface area contributed by atoms with Gasteiger partial charge in [0.1, 0.15) is 0 Å². The molecule has 1 heterocycles. The van der Waals surface area contributed by atoms with Gasteiger partial charge in [0.25, 0.3) is 0 Å². The van der Waals surface area contributed by atoms with Gasteiger partial charge in [-0.2, -0.15) is 0 Å². The molecule has 4 aliphatic carbocycles. The Labute approximate surface area is 169 Å². The number of morpholine rings is 1. The third-order valence-electron chi connectivity index (χ3n) is 6.96. The summed E-state index contributed by atoms with van der Waals surface area (Å²) in [5, 5.41) is 3.31. The highest BCUT2D eigenvalue weighted by Crippen LogP contribution is 2.56. The number of aliphatic imine (C=N–C) groups is 1. The summed E-state index contributed by atoms with van der Waals surface area (Å²) in [6.07, 6.45) is 8.53. The molecule has 0 unspecified atom stereocenters. The van der Waals surface area contributed by atoms with Crippen molar-refractivity contribution in [3.8, 4) is 0 Å². The first-order chi connectivity index (χ1) is 11.8. The Hall–Kier alpha value is -0.0800. The predicted molar refractivity (Wildman–Crippen MR) is 112 cm³/mol. The molecule has 0 amide bonds. The van der Waals surface area contributed by atoms with Gasteiger partial charge in [0.05, 0.1) is 13.2 Å². The van der Waals surface area contributed by atoms with E-state index in [0.717, 1.165) is 81.9 Å². The van der Waals surface area contributed by atoms with E-state index in [1.54, 1.807) is 0 Å². The van der Waals surface area contributed by atoms with Crippen LogP contribution in [0.15, 0.2) is 4.99 Å². The van der Waals surface area contributed by atoms with E-state index in [4.69, 9.17) is 15.5 Å². The molecule has 0 aromatic carbocycles. The number of nitrogens with two attached hydrogens (primary N) is 1. The molecule has 4 saturated carbocycles. The zero-order chi connectivity index (χ0) is 16.4. The summed E-state index contributed by atoms with van der Waals surface area (Å²) in [6, 6.07) is 0. The SMILES string of the molecule is I.NC(=NCC1C2CC3CC(C2)CC1C3)NCCCN1CCOCC1. The minimum Gasteiger partial charge on any atom is -0.379 e. The Morgan fingerprint density at radius 1 is 1.04 bits per heavy atom. The summed E-state index contributed by atoms with van der Waals surface area (Å²) in [5.74, 6) is 5.45. The highest BCUT2D eigenvalue weighted by atomic mass is 127. The van der Waals surface area contributed by atoms with Gasteiger partial charge in [0.15, 0.2) is 5.96 Å². The quantitative estimate of drug-likeness (QED) is 0.275.